The molecule has 0 aromatic carbocycles. The van der Waals surface area contributed by atoms with Crippen LogP contribution in [0.5, 0.6) is 0 Å². The van der Waals surface area contributed by atoms with E-state index in [0.29, 0.717) is 19.7 Å². The molecule has 3 aromatic heterocycles. The van der Waals surface area contributed by atoms with E-state index < -0.39 is 0 Å². The molecule has 0 aliphatic carbocycles. The van der Waals surface area contributed by atoms with Gasteiger partial charge in [-0.25, -0.2) is 9.78 Å². The molecule has 8 nitrogen and oxygen atoms in total. The topological polar surface area (TPSA) is 108 Å². The summed E-state index contributed by atoms with van der Waals surface area (Å²) < 4.78 is 7.20. The number of hydrogen-bond donors (Lipinski definition) is 2. The first kappa shape index (κ1) is 19.0. The van der Waals surface area contributed by atoms with Gasteiger partial charge in [-0.1, -0.05) is 13.3 Å². The second-order valence-corrected chi connectivity index (χ2v) is 6.37. The average Bonchev–Trinajstić information content (AvgIpc) is 3.06. The standard InChI is InChI=1S/C19H26N6O2/c1-2-3-11-27-19(26)22-8-4-5-10-25-16(12-20)24-15-13-23-14-7-6-9-21-17(14)18(15)25/h6-7,9,13H,2-5,8,10-12,20H2,1H3,(H,22,26). The molecule has 0 spiro atoms. The van der Waals surface area contributed by atoms with Gasteiger partial charge in [-0.3, -0.25) is 9.97 Å². The summed E-state index contributed by atoms with van der Waals surface area (Å²) in [5, 5.41) is 2.78. The predicted molar refractivity (Wildman–Crippen MR) is 104 cm³/mol. The Morgan fingerprint density at radius 1 is 1.26 bits per heavy atom. The Kier molecular flexibility index (Phi) is 6.54. The van der Waals surface area contributed by atoms with E-state index in [9.17, 15) is 4.79 Å². The van der Waals surface area contributed by atoms with Gasteiger partial charge in [-0.2, -0.15) is 0 Å². The van der Waals surface area contributed by atoms with E-state index in [1.165, 1.54) is 0 Å². The highest BCUT2D eigenvalue weighted by Crippen LogP contribution is 2.23. The molecule has 3 heterocycles. The van der Waals surface area contributed by atoms with Crippen LogP contribution in [0.25, 0.3) is 22.1 Å². The summed E-state index contributed by atoms with van der Waals surface area (Å²) in [6.07, 6.45) is 6.79. The van der Waals surface area contributed by atoms with Crippen molar-refractivity contribution in [1.29, 1.82) is 0 Å². The van der Waals surface area contributed by atoms with Crippen LogP contribution in [0.15, 0.2) is 24.5 Å². The van der Waals surface area contributed by atoms with Crippen LogP contribution in [0.4, 0.5) is 4.79 Å². The number of nitrogens with two attached hydrogens (primary N) is 1. The molecule has 0 aliphatic rings. The van der Waals surface area contributed by atoms with Crippen LogP contribution >= 0.6 is 0 Å². The molecule has 0 bridgehead atoms. The van der Waals surface area contributed by atoms with E-state index in [-0.39, 0.29) is 6.09 Å². The summed E-state index contributed by atoms with van der Waals surface area (Å²) >= 11 is 0. The molecule has 1 amide bonds. The maximum absolute atomic E-state index is 11.6. The van der Waals surface area contributed by atoms with E-state index >= 15 is 0 Å². The minimum atomic E-state index is -0.347. The molecule has 0 saturated carbocycles. The number of nitrogens with zero attached hydrogens (tertiary/aromatic N) is 4. The first-order valence-corrected chi connectivity index (χ1v) is 9.44. The van der Waals surface area contributed by atoms with Crippen LogP contribution in [0.2, 0.25) is 0 Å². The Labute approximate surface area is 158 Å². The Morgan fingerprint density at radius 2 is 2.15 bits per heavy atom. The van der Waals surface area contributed by atoms with Crippen molar-refractivity contribution in [3.63, 3.8) is 0 Å². The van der Waals surface area contributed by atoms with Crippen molar-refractivity contribution < 1.29 is 9.53 Å². The van der Waals surface area contributed by atoms with Gasteiger partial charge in [0.15, 0.2) is 0 Å². The van der Waals surface area contributed by atoms with Gasteiger partial charge in [0.25, 0.3) is 0 Å². The largest absolute Gasteiger partial charge is 0.450 e. The predicted octanol–water partition coefficient (Wildman–Crippen LogP) is 2.74. The van der Waals surface area contributed by atoms with Crippen LogP contribution in [-0.2, 0) is 17.8 Å². The van der Waals surface area contributed by atoms with Crippen LogP contribution in [0, 0.1) is 0 Å². The Bertz CT molecular complexity index is 908. The van der Waals surface area contributed by atoms with Crippen LogP contribution in [-0.4, -0.2) is 38.8 Å². The monoisotopic (exact) mass is 370 g/mol. The number of ether oxygens (including phenoxy) is 1. The zero-order valence-corrected chi connectivity index (χ0v) is 15.6. The first-order chi connectivity index (χ1) is 13.2. The summed E-state index contributed by atoms with van der Waals surface area (Å²) in [6, 6.07) is 3.81. The van der Waals surface area contributed by atoms with Gasteiger partial charge in [0.05, 0.1) is 30.4 Å². The minimum absolute atomic E-state index is 0.347. The van der Waals surface area contributed by atoms with E-state index in [2.05, 4.69) is 31.8 Å². The molecule has 0 fully saturated rings. The quantitative estimate of drug-likeness (QED) is 0.561. The highest BCUT2D eigenvalue weighted by atomic mass is 16.5. The van der Waals surface area contributed by atoms with E-state index in [1.807, 2.05) is 12.1 Å². The van der Waals surface area contributed by atoms with Crippen molar-refractivity contribution in [2.75, 3.05) is 13.2 Å². The highest BCUT2D eigenvalue weighted by molar-refractivity contribution is 5.99. The lowest BCUT2D eigenvalue weighted by Crippen LogP contribution is -2.25. The number of imidazole rings is 1. The summed E-state index contributed by atoms with van der Waals surface area (Å²) in [5.41, 5.74) is 9.33. The maximum atomic E-state index is 11.6. The van der Waals surface area contributed by atoms with Crippen LogP contribution in [0.1, 0.15) is 38.4 Å². The fourth-order valence-corrected chi connectivity index (χ4v) is 3.02. The van der Waals surface area contributed by atoms with Gasteiger partial charge in [0, 0.05) is 19.3 Å². The number of nitrogens with one attached hydrogen (secondary N) is 1. The Morgan fingerprint density at radius 3 is 2.96 bits per heavy atom. The van der Waals surface area contributed by atoms with Gasteiger partial charge in [-0.05, 0) is 31.4 Å². The number of fused-ring (bicyclic) bond motifs is 3. The van der Waals surface area contributed by atoms with E-state index in [1.54, 1.807) is 12.4 Å². The highest BCUT2D eigenvalue weighted by Gasteiger charge is 2.14. The third-order valence-electron chi connectivity index (χ3n) is 4.40. The van der Waals surface area contributed by atoms with Crippen molar-refractivity contribution in [2.45, 2.75) is 45.7 Å². The van der Waals surface area contributed by atoms with Crippen molar-refractivity contribution in [3.05, 3.63) is 30.4 Å². The fourth-order valence-electron chi connectivity index (χ4n) is 3.02. The number of alkyl carbamates (subject to hydrolysis) is 1. The lowest BCUT2D eigenvalue weighted by atomic mass is 10.2. The Hall–Kier alpha value is -2.74. The van der Waals surface area contributed by atoms with Crippen molar-refractivity contribution >= 4 is 28.2 Å². The molecule has 144 valence electrons. The number of pyridine rings is 2. The second-order valence-electron chi connectivity index (χ2n) is 6.37. The maximum Gasteiger partial charge on any atom is 0.407 e. The third-order valence-corrected chi connectivity index (χ3v) is 4.40. The molecular weight excluding hydrogens is 344 g/mol. The third kappa shape index (κ3) is 4.51. The molecule has 0 radical (unpaired) electrons. The Balaban J connectivity index is 1.63. The number of aromatic nitrogens is 4. The molecular formula is C19H26N6O2. The van der Waals surface area contributed by atoms with Gasteiger partial charge in [0.1, 0.15) is 16.9 Å². The summed E-state index contributed by atoms with van der Waals surface area (Å²) in [6.45, 7) is 4.22. The molecule has 3 aromatic rings. The first-order valence-electron chi connectivity index (χ1n) is 9.44. The SMILES string of the molecule is CCCCOC(=O)NCCCCn1c(CN)nc2cnc3cccnc3c21. The average molecular weight is 370 g/mol. The van der Waals surface area contributed by atoms with Gasteiger partial charge >= 0.3 is 6.09 Å². The molecule has 3 rings (SSSR count). The molecule has 0 atom stereocenters. The number of amides is 1. The van der Waals surface area contributed by atoms with Gasteiger partial charge in [-0.15, -0.1) is 0 Å². The van der Waals surface area contributed by atoms with Gasteiger partial charge < -0.3 is 20.4 Å². The second kappa shape index (κ2) is 9.27. The number of unbranched alkanes of at least 4 members (excludes halogenated alkanes) is 2. The lowest BCUT2D eigenvalue weighted by molar-refractivity contribution is 0.144. The summed E-state index contributed by atoms with van der Waals surface area (Å²) in [5.74, 6) is 0.817. The number of carbonyl (C=O) groups is 1. The zero-order valence-electron chi connectivity index (χ0n) is 15.6. The smallest absolute Gasteiger partial charge is 0.407 e. The molecule has 0 saturated heterocycles. The van der Waals surface area contributed by atoms with Crippen molar-refractivity contribution in [3.8, 4) is 0 Å². The van der Waals surface area contributed by atoms with Crippen LogP contribution in [0.3, 0.4) is 0 Å². The van der Waals surface area contributed by atoms with Crippen molar-refractivity contribution in [1.82, 2.24) is 24.8 Å². The number of carbonyl (C=O) groups excluding carboxylic acids is 1. The number of rotatable bonds is 9. The molecule has 0 aliphatic heterocycles. The number of hydrogen-bond acceptors (Lipinski definition) is 6. The van der Waals surface area contributed by atoms with Crippen molar-refractivity contribution in [2.24, 2.45) is 5.73 Å². The molecule has 0 unspecified atom stereocenters. The fraction of sp³-hybridized carbons (Fsp3) is 0.474. The molecule has 3 N–H and O–H groups in total. The molecule has 8 heteroatoms. The zero-order chi connectivity index (χ0) is 19.1. The van der Waals surface area contributed by atoms with Gasteiger partial charge in [0.2, 0.25) is 0 Å². The van der Waals surface area contributed by atoms with E-state index in [0.717, 1.165) is 60.1 Å². The molecule has 27 heavy (non-hydrogen) atoms. The van der Waals surface area contributed by atoms with Crippen LogP contribution < -0.4 is 11.1 Å². The number of aryl methyl sites for hydroxylation is 1. The summed E-state index contributed by atoms with van der Waals surface area (Å²) in [4.78, 5) is 25.0. The summed E-state index contributed by atoms with van der Waals surface area (Å²) in [7, 11) is 0. The lowest BCUT2D eigenvalue weighted by Gasteiger charge is -2.10. The van der Waals surface area contributed by atoms with E-state index in [4.69, 9.17) is 10.5 Å². The minimum Gasteiger partial charge on any atom is -0.450 e. The normalized spacial score (nSPS) is 11.2.